The summed E-state index contributed by atoms with van der Waals surface area (Å²) < 4.78 is 7.88. The summed E-state index contributed by atoms with van der Waals surface area (Å²) in [6, 6.07) is 7.79. The van der Waals surface area contributed by atoms with E-state index in [9.17, 15) is 4.79 Å². The molecule has 0 aliphatic carbocycles. The number of benzene rings is 1. The third kappa shape index (κ3) is 2.32. The van der Waals surface area contributed by atoms with Crippen LogP contribution in [0.1, 0.15) is 18.4 Å². The van der Waals surface area contributed by atoms with Gasteiger partial charge in [-0.15, -0.1) is 0 Å². The summed E-state index contributed by atoms with van der Waals surface area (Å²) in [7, 11) is 0. The smallest absolute Gasteiger partial charge is 0.226 e. The fourth-order valence-electron chi connectivity index (χ4n) is 4.50. The molecule has 5 rings (SSSR count). The van der Waals surface area contributed by atoms with Gasteiger partial charge in [0.15, 0.2) is 5.72 Å². The first-order chi connectivity index (χ1) is 12.2. The van der Waals surface area contributed by atoms with E-state index in [2.05, 4.69) is 10.00 Å². The van der Waals surface area contributed by atoms with Gasteiger partial charge in [-0.2, -0.15) is 5.10 Å². The van der Waals surface area contributed by atoms with Crippen molar-refractivity contribution in [3.8, 4) is 5.69 Å². The first-order valence-electron chi connectivity index (χ1n) is 8.64. The Balaban J connectivity index is 1.36. The van der Waals surface area contributed by atoms with E-state index in [1.807, 2.05) is 46.2 Å². The summed E-state index contributed by atoms with van der Waals surface area (Å²) in [5.74, 6) is 0.224. The lowest BCUT2D eigenvalue weighted by Crippen LogP contribution is -2.47. The number of hydrogen-bond acceptors (Lipinski definition) is 4. The Morgan fingerprint density at radius 1 is 1.36 bits per heavy atom. The van der Waals surface area contributed by atoms with Gasteiger partial charge in [0.2, 0.25) is 5.91 Å². The number of ether oxygens (including phenoxy) is 1. The minimum Gasteiger partial charge on any atom is -0.352 e. The first kappa shape index (κ1) is 15.4. The molecule has 0 radical (unpaired) electrons. The molecular formula is C18H19ClN4O2. The van der Waals surface area contributed by atoms with Crippen molar-refractivity contribution in [3.05, 3.63) is 47.2 Å². The van der Waals surface area contributed by atoms with Crippen LogP contribution < -0.4 is 0 Å². The molecule has 3 aliphatic heterocycles. The zero-order chi connectivity index (χ0) is 17.0. The summed E-state index contributed by atoms with van der Waals surface area (Å²) in [5, 5.41) is 5.15. The Labute approximate surface area is 150 Å². The zero-order valence-corrected chi connectivity index (χ0v) is 14.5. The highest BCUT2D eigenvalue weighted by Crippen LogP contribution is 2.45. The van der Waals surface area contributed by atoms with Crippen LogP contribution in [0.15, 0.2) is 36.7 Å². The molecule has 2 aromatic rings. The van der Waals surface area contributed by atoms with Crippen molar-refractivity contribution in [1.82, 2.24) is 19.6 Å². The molecular weight excluding hydrogens is 340 g/mol. The predicted molar refractivity (Wildman–Crippen MR) is 92.4 cm³/mol. The Hall–Kier alpha value is -1.89. The maximum atomic E-state index is 12.3. The second-order valence-electron chi connectivity index (χ2n) is 6.95. The lowest BCUT2D eigenvalue weighted by atomic mass is 10.1. The molecule has 6 nitrogen and oxygen atoms in total. The molecule has 3 saturated heterocycles. The molecule has 3 fully saturated rings. The van der Waals surface area contributed by atoms with Crippen molar-refractivity contribution in [3.63, 3.8) is 0 Å². The lowest BCUT2D eigenvalue weighted by Gasteiger charge is -2.31. The van der Waals surface area contributed by atoms with Crippen LogP contribution in [0.5, 0.6) is 0 Å². The Morgan fingerprint density at radius 3 is 3.16 bits per heavy atom. The maximum Gasteiger partial charge on any atom is 0.226 e. The summed E-state index contributed by atoms with van der Waals surface area (Å²) in [6.45, 7) is 3.10. The monoisotopic (exact) mass is 358 g/mol. The van der Waals surface area contributed by atoms with Crippen LogP contribution in [0.4, 0.5) is 0 Å². The number of carbonyl (C=O) groups is 1. The molecule has 7 heteroatoms. The molecule has 25 heavy (non-hydrogen) atoms. The number of carbonyl (C=O) groups excluding carboxylic acids is 1. The molecule has 4 heterocycles. The molecule has 1 aromatic heterocycles. The summed E-state index contributed by atoms with van der Waals surface area (Å²) in [4.78, 5) is 16.6. The van der Waals surface area contributed by atoms with Crippen LogP contribution in [-0.4, -0.2) is 57.0 Å². The second-order valence-corrected chi connectivity index (χ2v) is 7.39. The van der Waals surface area contributed by atoms with Gasteiger partial charge in [0.05, 0.1) is 24.5 Å². The highest BCUT2D eigenvalue weighted by Gasteiger charge is 2.61. The van der Waals surface area contributed by atoms with E-state index in [0.29, 0.717) is 18.1 Å². The molecule has 1 aromatic carbocycles. The number of likely N-dealkylation sites (tertiary alicyclic amines) is 1. The van der Waals surface area contributed by atoms with E-state index in [0.717, 1.165) is 37.3 Å². The zero-order valence-electron chi connectivity index (χ0n) is 13.8. The molecule has 0 bridgehead atoms. The van der Waals surface area contributed by atoms with Crippen molar-refractivity contribution < 1.29 is 9.53 Å². The lowest BCUT2D eigenvalue weighted by molar-refractivity contribution is -0.136. The standard InChI is InChI=1S/C18H19ClN4O2/c19-14-2-1-3-15(8-14)23-12-13(10-20-23)11-21-5-4-18-16(21)9-17(24)22(18)6-7-25-18/h1-3,8,10,12,16H,4-7,9,11H2/t16-,18+/m1/s1. The number of aromatic nitrogens is 2. The van der Waals surface area contributed by atoms with Crippen molar-refractivity contribution in [1.29, 1.82) is 0 Å². The van der Waals surface area contributed by atoms with Crippen molar-refractivity contribution in [2.45, 2.75) is 31.2 Å². The van der Waals surface area contributed by atoms with Gasteiger partial charge in [-0.1, -0.05) is 17.7 Å². The molecule has 1 amide bonds. The van der Waals surface area contributed by atoms with Gasteiger partial charge in [-0.3, -0.25) is 9.69 Å². The topological polar surface area (TPSA) is 50.6 Å². The van der Waals surface area contributed by atoms with Gasteiger partial charge >= 0.3 is 0 Å². The van der Waals surface area contributed by atoms with Gasteiger partial charge < -0.3 is 9.64 Å². The average Bonchev–Trinajstić information content (AvgIpc) is 3.33. The molecule has 0 saturated carbocycles. The van der Waals surface area contributed by atoms with Gasteiger partial charge in [0.25, 0.3) is 0 Å². The highest BCUT2D eigenvalue weighted by molar-refractivity contribution is 6.30. The number of halogens is 1. The fraction of sp³-hybridized carbons (Fsp3) is 0.444. The SMILES string of the molecule is O=C1C[C@H]2N(Cc3cnn(-c4cccc(Cl)c4)c3)CC[C@]23OCCN13. The van der Waals surface area contributed by atoms with Crippen molar-refractivity contribution >= 4 is 17.5 Å². The molecule has 2 atom stereocenters. The largest absolute Gasteiger partial charge is 0.352 e. The Morgan fingerprint density at radius 2 is 2.28 bits per heavy atom. The Kier molecular flexibility index (Phi) is 3.42. The first-order valence-corrected chi connectivity index (χ1v) is 9.01. The Bertz CT molecular complexity index is 838. The van der Waals surface area contributed by atoms with Crippen LogP contribution >= 0.6 is 11.6 Å². The number of amides is 1. The average molecular weight is 359 g/mol. The van der Waals surface area contributed by atoms with Crippen molar-refractivity contribution in [2.75, 3.05) is 19.7 Å². The summed E-state index contributed by atoms with van der Waals surface area (Å²) >= 11 is 6.06. The van der Waals surface area contributed by atoms with Gasteiger partial charge in [-0.25, -0.2) is 4.68 Å². The van der Waals surface area contributed by atoms with Crippen LogP contribution in [0, 0.1) is 0 Å². The molecule has 1 spiro atoms. The van der Waals surface area contributed by atoms with E-state index in [-0.39, 0.29) is 17.7 Å². The number of hydrogen-bond donors (Lipinski definition) is 0. The molecule has 130 valence electrons. The maximum absolute atomic E-state index is 12.3. The normalized spacial score (nSPS) is 28.6. The van der Waals surface area contributed by atoms with Crippen LogP contribution in [0.25, 0.3) is 5.69 Å². The number of nitrogens with zero attached hydrogens (tertiary/aromatic N) is 4. The fourth-order valence-corrected chi connectivity index (χ4v) is 4.69. The van der Waals surface area contributed by atoms with E-state index in [1.165, 1.54) is 0 Å². The molecule has 0 N–H and O–H groups in total. The third-order valence-corrected chi connectivity index (χ3v) is 5.84. The summed E-state index contributed by atoms with van der Waals surface area (Å²) in [5.41, 5.74) is 1.69. The minimum absolute atomic E-state index is 0.150. The third-order valence-electron chi connectivity index (χ3n) is 5.61. The van der Waals surface area contributed by atoms with E-state index in [4.69, 9.17) is 16.3 Å². The van der Waals surface area contributed by atoms with Crippen LogP contribution in [0.3, 0.4) is 0 Å². The van der Waals surface area contributed by atoms with Gasteiger partial charge in [-0.05, 0) is 18.2 Å². The highest BCUT2D eigenvalue weighted by atomic mass is 35.5. The molecule has 3 aliphatic rings. The van der Waals surface area contributed by atoms with Crippen molar-refractivity contribution in [2.24, 2.45) is 0 Å². The summed E-state index contributed by atoms with van der Waals surface area (Å²) in [6.07, 6.45) is 5.37. The van der Waals surface area contributed by atoms with E-state index >= 15 is 0 Å². The minimum atomic E-state index is -0.375. The van der Waals surface area contributed by atoms with E-state index in [1.54, 1.807) is 0 Å². The quantitative estimate of drug-likeness (QED) is 0.842. The molecule has 0 unspecified atom stereocenters. The predicted octanol–water partition coefficient (Wildman–Crippen LogP) is 2.06. The van der Waals surface area contributed by atoms with Gasteiger partial charge in [0, 0.05) is 49.3 Å². The number of rotatable bonds is 3. The van der Waals surface area contributed by atoms with E-state index < -0.39 is 0 Å². The second kappa shape index (κ2) is 5.56. The van der Waals surface area contributed by atoms with Gasteiger partial charge in [0.1, 0.15) is 0 Å². The van der Waals surface area contributed by atoms with Crippen LogP contribution in [0.2, 0.25) is 5.02 Å². The van der Waals surface area contributed by atoms with Crippen LogP contribution in [-0.2, 0) is 16.1 Å².